The van der Waals surface area contributed by atoms with Gasteiger partial charge in [0.2, 0.25) is 5.91 Å². The molecule has 1 fully saturated rings. The summed E-state index contributed by atoms with van der Waals surface area (Å²) < 4.78 is 18.3. The van der Waals surface area contributed by atoms with Crippen LogP contribution in [0.25, 0.3) is 0 Å². The SMILES string of the molecule is Cc1noc(C)c1CCCNC(=O)N1CCNC(=O)[C@@H]1c1ccc(F)cc1. The predicted molar refractivity (Wildman–Crippen MR) is 96.6 cm³/mol. The van der Waals surface area contributed by atoms with Gasteiger partial charge in [0, 0.05) is 25.2 Å². The van der Waals surface area contributed by atoms with E-state index in [1.807, 2.05) is 13.8 Å². The predicted octanol–water partition coefficient (Wildman–Crippen LogP) is 2.25. The van der Waals surface area contributed by atoms with Crippen LogP contribution >= 0.6 is 0 Å². The first kappa shape index (κ1) is 18.9. The van der Waals surface area contributed by atoms with Gasteiger partial charge in [0.25, 0.3) is 0 Å². The number of urea groups is 1. The number of nitrogens with zero attached hydrogens (tertiary/aromatic N) is 2. The van der Waals surface area contributed by atoms with Crippen molar-refractivity contribution in [1.82, 2.24) is 20.7 Å². The van der Waals surface area contributed by atoms with Crippen molar-refractivity contribution < 1.29 is 18.5 Å². The molecule has 27 heavy (non-hydrogen) atoms. The fourth-order valence-electron chi connectivity index (χ4n) is 3.28. The molecular weight excluding hydrogens is 351 g/mol. The highest BCUT2D eigenvalue weighted by molar-refractivity contribution is 5.89. The second kappa shape index (κ2) is 8.20. The molecule has 1 atom stereocenters. The molecule has 1 aliphatic heterocycles. The van der Waals surface area contributed by atoms with E-state index in [4.69, 9.17) is 4.52 Å². The van der Waals surface area contributed by atoms with Gasteiger partial charge in [-0.3, -0.25) is 4.79 Å². The van der Waals surface area contributed by atoms with Crippen LogP contribution in [0.15, 0.2) is 28.8 Å². The lowest BCUT2D eigenvalue weighted by atomic mass is 10.0. The van der Waals surface area contributed by atoms with Crippen LogP contribution in [0, 0.1) is 19.7 Å². The van der Waals surface area contributed by atoms with Crippen molar-refractivity contribution in [2.45, 2.75) is 32.7 Å². The van der Waals surface area contributed by atoms with Crippen molar-refractivity contribution in [2.75, 3.05) is 19.6 Å². The Bertz CT molecular complexity index is 799. The lowest BCUT2D eigenvalue weighted by Crippen LogP contribution is -2.54. The van der Waals surface area contributed by atoms with E-state index in [2.05, 4.69) is 15.8 Å². The van der Waals surface area contributed by atoms with Crippen molar-refractivity contribution in [3.8, 4) is 0 Å². The summed E-state index contributed by atoms with van der Waals surface area (Å²) in [4.78, 5) is 26.4. The molecule has 0 unspecified atom stereocenters. The summed E-state index contributed by atoms with van der Waals surface area (Å²) in [5, 5.41) is 9.54. The average molecular weight is 374 g/mol. The van der Waals surface area contributed by atoms with Gasteiger partial charge in [0.05, 0.1) is 5.69 Å². The first-order valence-electron chi connectivity index (χ1n) is 8.96. The first-order valence-corrected chi connectivity index (χ1v) is 8.96. The van der Waals surface area contributed by atoms with Gasteiger partial charge in [-0.2, -0.15) is 0 Å². The molecule has 1 saturated heterocycles. The van der Waals surface area contributed by atoms with Gasteiger partial charge in [-0.25, -0.2) is 9.18 Å². The Labute approximate surface area is 156 Å². The molecule has 3 amide bonds. The maximum atomic E-state index is 13.2. The van der Waals surface area contributed by atoms with Gasteiger partial charge in [-0.05, 0) is 44.4 Å². The lowest BCUT2D eigenvalue weighted by Gasteiger charge is -2.35. The third kappa shape index (κ3) is 4.27. The Morgan fingerprint density at radius 2 is 2.11 bits per heavy atom. The summed E-state index contributed by atoms with van der Waals surface area (Å²) in [6.07, 6.45) is 1.49. The lowest BCUT2D eigenvalue weighted by molar-refractivity contribution is -0.127. The van der Waals surface area contributed by atoms with Gasteiger partial charge in [0.15, 0.2) is 0 Å². The fraction of sp³-hybridized carbons (Fsp3) is 0.421. The molecule has 0 spiro atoms. The highest BCUT2D eigenvalue weighted by Gasteiger charge is 2.34. The van der Waals surface area contributed by atoms with Crippen LogP contribution in [-0.4, -0.2) is 41.6 Å². The van der Waals surface area contributed by atoms with Crippen LogP contribution < -0.4 is 10.6 Å². The number of nitrogens with one attached hydrogen (secondary N) is 2. The molecule has 2 N–H and O–H groups in total. The molecule has 0 bridgehead atoms. The van der Waals surface area contributed by atoms with Gasteiger partial charge in [-0.1, -0.05) is 17.3 Å². The zero-order chi connectivity index (χ0) is 19.4. The van der Waals surface area contributed by atoms with E-state index in [1.54, 1.807) is 0 Å². The second-order valence-electron chi connectivity index (χ2n) is 6.58. The van der Waals surface area contributed by atoms with E-state index < -0.39 is 6.04 Å². The highest BCUT2D eigenvalue weighted by Crippen LogP contribution is 2.23. The quantitative estimate of drug-likeness (QED) is 0.786. The van der Waals surface area contributed by atoms with Crippen molar-refractivity contribution in [1.29, 1.82) is 0 Å². The van der Waals surface area contributed by atoms with E-state index in [0.29, 0.717) is 25.2 Å². The minimum absolute atomic E-state index is 0.265. The summed E-state index contributed by atoms with van der Waals surface area (Å²) in [6.45, 7) is 5.02. The van der Waals surface area contributed by atoms with Crippen molar-refractivity contribution >= 4 is 11.9 Å². The normalized spacial score (nSPS) is 16.9. The van der Waals surface area contributed by atoms with E-state index in [1.165, 1.54) is 29.2 Å². The summed E-state index contributed by atoms with van der Waals surface area (Å²) in [7, 11) is 0. The first-order chi connectivity index (χ1) is 13.0. The Kier molecular flexibility index (Phi) is 5.73. The van der Waals surface area contributed by atoms with E-state index in [0.717, 1.165) is 29.9 Å². The van der Waals surface area contributed by atoms with Crippen LogP contribution in [0.5, 0.6) is 0 Å². The summed E-state index contributed by atoms with van der Waals surface area (Å²) in [5.41, 5.74) is 2.51. The monoisotopic (exact) mass is 374 g/mol. The zero-order valence-electron chi connectivity index (χ0n) is 15.4. The molecule has 2 aromatic rings. The molecule has 0 aliphatic carbocycles. The molecule has 7 nitrogen and oxygen atoms in total. The number of aryl methyl sites for hydroxylation is 2. The van der Waals surface area contributed by atoms with Gasteiger partial charge in [-0.15, -0.1) is 0 Å². The molecule has 0 radical (unpaired) electrons. The van der Waals surface area contributed by atoms with E-state index >= 15 is 0 Å². The van der Waals surface area contributed by atoms with Gasteiger partial charge in [0.1, 0.15) is 17.6 Å². The number of carbonyl (C=O) groups is 2. The fourth-order valence-corrected chi connectivity index (χ4v) is 3.28. The average Bonchev–Trinajstić information content (AvgIpc) is 2.97. The number of hydrogen-bond donors (Lipinski definition) is 2. The number of hydrogen-bond acceptors (Lipinski definition) is 4. The number of halogens is 1. The molecular formula is C19H23FN4O3. The molecule has 2 heterocycles. The summed E-state index contributed by atoms with van der Waals surface area (Å²) in [6, 6.07) is 4.57. The Morgan fingerprint density at radius 3 is 2.78 bits per heavy atom. The summed E-state index contributed by atoms with van der Waals surface area (Å²) in [5.74, 6) is 0.145. The molecule has 1 aromatic carbocycles. The van der Waals surface area contributed by atoms with Crippen LogP contribution in [0.2, 0.25) is 0 Å². The number of aromatic nitrogens is 1. The molecule has 0 saturated carbocycles. The van der Waals surface area contributed by atoms with Crippen molar-refractivity contribution in [2.24, 2.45) is 0 Å². The minimum Gasteiger partial charge on any atom is -0.361 e. The van der Waals surface area contributed by atoms with Crippen LogP contribution in [0.4, 0.5) is 9.18 Å². The molecule has 1 aliphatic rings. The van der Waals surface area contributed by atoms with Crippen LogP contribution in [-0.2, 0) is 11.2 Å². The summed E-state index contributed by atoms with van der Waals surface area (Å²) >= 11 is 0. The van der Waals surface area contributed by atoms with E-state index in [9.17, 15) is 14.0 Å². The van der Waals surface area contributed by atoms with E-state index in [-0.39, 0.29) is 17.8 Å². The van der Waals surface area contributed by atoms with Gasteiger partial charge < -0.3 is 20.1 Å². The molecule has 144 valence electrons. The number of benzene rings is 1. The Hall–Kier alpha value is -2.90. The molecule has 1 aromatic heterocycles. The Balaban J connectivity index is 1.60. The topological polar surface area (TPSA) is 87.5 Å². The molecule has 8 heteroatoms. The third-order valence-corrected chi connectivity index (χ3v) is 4.72. The molecule has 3 rings (SSSR count). The van der Waals surface area contributed by atoms with Gasteiger partial charge >= 0.3 is 6.03 Å². The smallest absolute Gasteiger partial charge is 0.318 e. The second-order valence-corrected chi connectivity index (χ2v) is 6.58. The van der Waals surface area contributed by atoms with Crippen molar-refractivity contribution in [3.63, 3.8) is 0 Å². The standard InChI is InChI=1S/C19H23FN4O3/c1-12-16(13(2)27-23-12)4-3-9-22-19(26)24-11-10-21-18(25)17(24)14-5-7-15(20)8-6-14/h5-8,17H,3-4,9-11H2,1-2H3,(H,21,25)(H,22,26)/t17-/m0/s1. The zero-order valence-corrected chi connectivity index (χ0v) is 15.4. The van der Waals surface area contributed by atoms with Crippen LogP contribution in [0.1, 0.15) is 35.0 Å². The third-order valence-electron chi connectivity index (χ3n) is 4.72. The maximum absolute atomic E-state index is 13.2. The maximum Gasteiger partial charge on any atom is 0.318 e. The van der Waals surface area contributed by atoms with Crippen molar-refractivity contribution in [3.05, 3.63) is 52.7 Å². The number of carbonyl (C=O) groups excluding carboxylic acids is 2. The minimum atomic E-state index is -0.762. The Morgan fingerprint density at radius 1 is 1.37 bits per heavy atom. The largest absolute Gasteiger partial charge is 0.361 e. The number of rotatable bonds is 5. The highest BCUT2D eigenvalue weighted by atomic mass is 19.1. The number of amides is 3. The number of piperazine rings is 1. The van der Waals surface area contributed by atoms with Crippen LogP contribution in [0.3, 0.4) is 0 Å².